The number of Topliss-reactive ketones (excluding diaryl/α,β-unsaturated/α-hetero) is 1. The van der Waals surface area contributed by atoms with Gasteiger partial charge in [0.05, 0.1) is 11.5 Å². The van der Waals surface area contributed by atoms with Crippen LogP contribution >= 0.6 is 11.6 Å². The van der Waals surface area contributed by atoms with Gasteiger partial charge in [-0.3, -0.25) is 14.9 Å². The van der Waals surface area contributed by atoms with Gasteiger partial charge in [-0.25, -0.2) is 0 Å². The van der Waals surface area contributed by atoms with Crippen LogP contribution in [0.15, 0.2) is 48.5 Å². The number of nitrogens with one attached hydrogen (secondary N) is 1. The van der Waals surface area contributed by atoms with Crippen LogP contribution in [0.2, 0.25) is 5.02 Å². The first-order chi connectivity index (χ1) is 11.9. The number of halogens is 1. The number of benzene rings is 2. The first-order valence-electron chi connectivity index (χ1n) is 7.78. The molecule has 2 aromatic carbocycles. The van der Waals surface area contributed by atoms with E-state index in [0.717, 1.165) is 5.56 Å². The molecule has 0 aliphatic carbocycles. The standard InChI is InChI=1S/C18H20ClN3O3/c1-21(2)17(13-6-8-15(19)9-7-13)11-20-12-18(23)14-4-3-5-16(10-14)22(24)25/h3-10,17,20H,11-12H2,1-2H3. The highest BCUT2D eigenvalue weighted by Gasteiger charge is 2.15. The number of ketones is 1. The third-order valence-corrected chi connectivity index (χ3v) is 4.13. The number of non-ortho nitro benzene ring substituents is 1. The zero-order valence-electron chi connectivity index (χ0n) is 14.1. The molecule has 0 amide bonds. The van der Waals surface area contributed by atoms with E-state index in [-0.39, 0.29) is 24.1 Å². The van der Waals surface area contributed by atoms with E-state index in [1.165, 1.54) is 18.2 Å². The van der Waals surface area contributed by atoms with Crippen LogP contribution in [0.3, 0.4) is 0 Å². The Bertz CT molecular complexity index is 747. The van der Waals surface area contributed by atoms with Gasteiger partial charge in [0.15, 0.2) is 5.78 Å². The summed E-state index contributed by atoms with van der Waals surface area (Å²) in [5.41, 5.74) is 1.33. The van der Waals surface area contributed by atoms with Gasteiger partial charge in [0.25, 0.3) is 5.69 Å². The number of carbonyl (C=O) groups is 1. The van der Waals surface area contributed by atoms with Crippen molar-refractivity contribution in [2.45, 2.75) is 6.04 Å². The molecule has 2 rings (SSSR count). The summed E-state index contributed by atoms with van der Waals surface area (Å²) in [6, 6.07) is 13.4. The first kappa shape index (κ1) is 19.1. The molecule has 6 nitrogen and oxygen atoms in total. The lowest BCUT2D eigenvalue weighted by Gasteiger charge is -2.25. The summed E-state index contributed by atoms with van der Waals surface area (Å²) in [4.78, 5) is 24.6. The van der Waals surface area contributed by atoms with Crippen LogP contribution in [0.1, 0.15) is 22.0 Å². The predicted octanol–water partition coefficient (Wildman–Crippen LogP) is 3.32. The first-order valence-corrected chi connectivity index (χ1v) is 8.16. The van der Waals surface area contributed by atoms with E-state index in [0.29, 0.717) is 17.1 Å². The average Bonchev–Trinajstić information content (AvgIpc) is 2.59. The third-order valence-electron chi connectivity index (χ3n) is 3.88. The Morgan fingerprint density at radius 3 is 2.52 bits per heavy atom. The van der Waals surface area contributed by atoms with Gasteiger partial charge in [-0.2, -0.15) is 0 Å². The van der Waals surface area contributed by atoms with Gasteiger partial charge in [-0.1, -0.05) is 35.9 Å². The molecule has 0 aliphatic rings. The van der Waals surface area contributed by atoms with Gasteiger partial charge in [0.2, 0.25) is 0 Å². The Balaban J connectivity index is 1.97. The lowest BCUT2D eigenvalue weighted by atomic mass is 10.1. The van der Waals surface area contributed by atoms with Crippen LogP contribution < -0.4 is 5.32 Å². The van der Waals surface area contributed by atoms with E-state index in [4.69, 9.17) is 11.6 Å². The molecule has 25 heavy (non-hydrogen) atoms. The Labute approximate surface area is 151 Å². The zero-order valence-corrected chi connectivity index (χ0v) is 14.9. The largest absolute Gasteiger partial charge is 0.308 e. The molecule has 7 heteroatoms. The summed E-state index contributed by atoms with van der Waals surface area (Å²) in [6.45, 7) is 0.675. The van der Waals surface area contributed by atoms with Crippen molar-refractivity contribution in [1.29, 1.82) is 0 Å². The number of hydrogen-bond donors (Lipinski definition) is 1. The van der Waals surface area contributed by atoms with E-state index in [9.17, 15) is 14.9 Å². The molecule has 0 saturated carbocycles. The van der Waals surface area contributed by atoms with Crippen molar-refractivity contribution in [3.05, 3.63) is 74.8 Å². The Morgan fingerprint density at radius 1 is 1.24 bits per heavy atom. The molecule has 1 N–H and O–H groups in total. The molecular weight excluding hydrogens is 342 g/mol. The maximum atomic E-state index is 12.2. The van der Waals surface area contributed by atoms with Crippen molar-refractivity contribution >= 4 is 23.1 Å². The van der Waals surface area contributed by atoms with Gasteiger partial charge in [0.1, 0.15) is 0 Å². The second-order valence-electron chi connectivity index (χ2n) is 5.89. The SMILES string of the molecule is CN(C)C(CNCC(=O)c1cccc([N+](=O)[O-])c1)c1ccc(Cl)cc1. The topological polar surface area (TPSA) is 75.5 Å². The van der Waals surface area contributed by atoms with Gasteiger partial charge >= 0.3 is 0 Å². The number of carbonyl (C=O) groups excluding carboxylic acids is 1. The molecule has 0 saturated heterocycles. The summed E-state index contributed by atoms with van der Waals surface area (Å²) < 4.78 is 0. The fourth-order valence-corrected chi connectivity index (χ4v) is 2.63. The maximum absolute atomic E-state index is 12.2. The van der Waals surface area contributed by atoms with E-state index in [1.54, 1.807) is 6.07 Å². The Hall–Kier alpha value is -2.28. The minimum Gasteiger partial charge on any atom is -0.308 e. The van der Waals surface area contributed by atoms with Crippen LogP contribution in [0.25, 0.3) is 0 Å². The van der Waals surface area contributed by atoms with Crippen molar-refractivity contribution in [2.24, 2.45) is 0 Å². The monoisotopic (exact) mass is 361 g/mol. The molecule has 0 fully saturated rings. The molecule has 2 aromatic rings. The third kappa shape index (κ3) is 5.35. The van der Waals surface area contributed by atoms with Gasteiger partial charge in [-0.15, -0.1) is 0 Å². The van der Waals surface area contributed by atoms with Gasteiger partial charge < -0.3 is 10.2 Å². The summed E-state index contributed by atoms with van der Waals surface area (Å²) in [6.07, 6.45) is 0. The average molecular weight is 362 g/mol. The minimum absolute atomic E-state index is 0.0789. The smallest absolute Gasteiger partial charge is 0.270 e. The molecule has 1 unspecified atom stereocenters. The zero-order chi connectivity index (χ0) is 18.4. The molecule has 0 spiro atoms. The molecule has 0 heterocycles. The van der Waals surface area contributed by atoms with Crippen molar-refractivity contribution in [3.63, 3.8) is 0 Å². The van der Waals surface area contributed by atoms with Crippen molar-refractivity contribution < 1.29 is 9.72 Å². The van der Waals surface area contributed by atoms with Crippen LogP contribution in [-0.2, 0) is 0 Å². The summed E-state index contributed by atoms with van der Waals surface area (Å²) >= 11 is 5.92. The minimum atomic E-state index is -0.507. The van der Waals surface area contributed by atoms with Crippen molar-refractivity contribution in [2.75, 3.05) is 27.2 Å². The summed E-state index contributed by atoms with van der Waals surface area (Å²) in [5, 5.41) is 14.6. The predicted molar refractivity (Wildman–Crippen MR) is 98.2 cm³/mol. The normalized spacial score (nSPS) is 12.2. The Kier molecular flexibility index (Phi) is 6.64. The van der Waals surface area contributed by atoms with E-state index in [1.807, 2.05) is 43.3 Å². The Morgan fingerprint density at radius 2 is 1.92 bits per heavy atom. The molecule has 132 valence electrons. The molecule has 1 atom stereocenters. The number of nitro groups is 1. The van der Waals surface area contributed by atoms with E-state index >= 15 is 0 Å². The summed E-state index contributed by atoms with van der Waals surface area (Å²) in [7, 11) is 3.92. The lowest BCUT2D eigenvalue weighted by Crippen LogP contribution is -2.33. The van der Waals surface area contributed by atoms with Crippen LogP contribution in [0.4, 0.5) is 5.69 Å². The van der Waals surface area contributed by atoms with Crippen molar-refractivity contribution in [1.82, 2.24) is 10.2 Å². The second-order valence-corrected chi connectivity index (χ2v) is 6.33. The number of nitro benzene ring substituents is 1. The molecule has 0 radical (unpaired) electrons. The molecular formula is C18H20ClN3O3. The fourth-order valence-electron chi connectivity index (χ4n) is 2.50. The molecule has 0 aliphatic heterocycles. The highest BCUT2D eigenvalue weighted by Crippen LogP contribution is 2.20. The quantitative estimate of drug-likeness (QED) is 0.443. The van der Waals surface area contributed by atoms with Gasteiger partial charge in [-0.05, 0) is 31.8 Å². The van der Waals surface area contributed by atoms with E-state index in [2.05, 4.69) is 5.32 Å². The maximum Gasteiger partial charge on any atom is 0.270 e. The van der Waals surface area contributed by atoms with Crippen molar-refractivity contribution in [3.8, 4) is 0 Å². The number of nitrogens with zero attached hydrogens (tertiary/aromatic N) is 2. The summed E-state index contributed by atoms with van der Waals surface area (Å²) in [5.74, 6) is -0.183. The highest BCUT2D eigenvalue weighted by atomic mass is 35.5. The second kappa shape index (κ2) is 8.71. The van der Waals surface area contributed by atoms with Crippen LogP contribution in [-0.4, -0.2) is 42.8 Å². The van der Waals surface area contributed by atoms with E-state index < -0.39 is 4.92 Å². The lowest BCUT2D eigenvalue weighted by molar-refractivity contribution is -0.384. The number of hydrogen-bond acceptors (Lipinski definition) is 5. The molecule has 0 bridgehead atoms. The number of likely N-dealkylation sites (N-methyl/N-ethyl adjacent to an activating group) is 1. The highest BCUT2D eigenvalue weighted by molar-refractivity contribution is 6.30. The van der Waals surface area contributed by atoms with Crippen LogP contribution in [0.5, 0.6) is 0 Å². The van der Waals surface area contributed by atoms with Gasteiger partial charge in [0, 0.05) is 35.3 Å². The number of rotatable bonds is 8. The fraction of sp³-hybridized carbons (Fsp3) is 0.278. The molecule has 0 aromatic heterocycles. The van der Waals surface area contributed by atoms with Crippen LogP contribution in [0, 0.1) is 10.1 Å².